The fraction of sp³-hybridized carbons (Fsp3) is 0.929. The highest BCUT2D eigenvalue weighted by molar-refractivity contribution is 8.13. The quantitative estimate of drug-likeness (QED) is 0.722. The van der Waals surface area contributed by atoms with Gasteiger partial charge in [-0.15, -0.1) is 0 Å². The first-order valence-corrected chi connectivity index (χ1v) is 8.13. The number of amidine groups is 1. The van der Waals surface area contributed by atoms with Crippen molar-refractivity contribution >= 4 is 16.9 Å². The molecular formula is C14H28N2OS. The predicted octanol–water partition coefficient (Wildman–Crippen LogP) is 3.30. The van der Waals surface area contributed by atoms with Gasteiger partial charge in [0.25, 0.3) is 0 Å². The Labute approximate surface area is 116 Å². The Kier molecular flexibility index (Phi) is 7.75. The van der Waals surface area contributed by atoms with Crippen LogP contribution in [-0.4, -0.2) is 36.2 Å². The maximum Gasteiger partial charge on any atom is 0.156 e. The lowest BCUT2D eigenvalue weighted by atomic mass is 10.0. The lowest BCUT2D eigenvalue weighted by Gasteiger charge is -2.28. The van der Waals surface area contributed by atoms with Crippen LogP contribution in [0, 0.1) is 5.92 Å². The van der Waals surface area contributed by atoms with Crippen molar-refractivity contribution in [1.29, 1.82) is 0 Å². The first-order chi connectivity index (χ1) is 8.59. The van der Waals surface area contributed by atoms with E-state index in [-0.39, 0.29) is 0 Å². The molecule has 0 aromatic heterocycles. The first-order valence-electron chi connectivity index (χ1n) is 7.15. The molecule has 1 N–H and O–H groups in total. The second-order valence-electron chi connectivity index (χ2n) is 5.45. The van der Waals surface area contributed by atoms with E-state index in [1.54, 1.807) is 0 Å². The minimum atomic E-state index is 0.346. The van der Waals surface area contributed by atoms with Crippen molar-refractivity contribution in [1.82, 2.24) is 5.32 Å². The number of thioether (sulfide) groups is 1. The molecule has 1 aliphatic heterocycles. The average molecular weight is 272 g/mol. The van der Waals surface area contributed by atoms with Crippen molar-refractivity contribution < 1.29 is 4.74 Å². The van der Waals surface area contributed by atoms with Gasteiger partial charge in [0, 0.05) is 24.9 Å². The van der Waals surface area contributed by atoms with Gasteiger partial charge < -0.3 is 10.1 Å². The topological polar surface area (TPSA) is 33.6 Å². The summed E-state index contributed by atoms with van der Waals surface area (Å²) in [6.45, 7) is 10.5. The lowest BCUT2D eigenvalue weighted by molar-refractivity contribution is 0.0764. The van der Waals surface area contributed by atoms with Crippen LogP contribution >= 0.6 is 11.8 Å². The Morgan fingerprint density at radius 1 is 1.33 bits per heavy atom. The zero-order chi connectivity index (χ0) is 13.4. The molecule has 1 saturated heterocycles. The third kappa shape index (κ3) is 6.64. The Hall–Kier alpha value is -0.220. The monoisotopic (exact) mass is 272 g/mol. The van der Waals surface area contributed by atoms with Gasteiger partial charge in [0.15, 0.2) is 5.17 Å². The summed E-state index contributed by atoms with van der Waals surface area (Å²) in [5, 5.41) is 4.69. The summed E-state index contributed by atoms with van der Waals surface area (Å²) in [5.74, 6) is 1.89. The summed E-state index contributed by atoms with van der Waals surface area (Å²) < 4.78 is 5.51. The van der Waals surface area contributed by atoms with Gasteiger partial charge in [-0.25, -0.2) is 0 Å². The van der Waals surface area contributed by atoms with Gasteiger partial charge in [0.2, 0.25) is 0 Å². The van der Waals surface area contributed by atoms with Gasteiger partial charge in [-0.05, 0) is 39.0 Å². The van der Waals surface area contributed by atoms with Crippen LogP contribution in [0.4, 0.5) is 0 Å². The molecule has 0 bridgehead atoms. The van der Waals surface area contributed by atoms with Gasteiger partial charge in [-0.1, -0.05) is 25.6 Å². The van der Waals surface area contributed by atoms with Crippen LogP contribution in [0.3, 0.4) is 0 Å². The molecule has 0 amide bonds. The molecule has 0 spiro atoms. The number of rotatable bonds is 7. The minimum Gasteiger partial charge on any atom is -0.379 e. The Balaban J connectivity index is 2.14. The number of hydrogen-bond donors (Lipinski definition) is 1. The number of hydrogen-bond acceptors (Lipinski definition) is 3. The summed E-state index contributed by atoms with van der Waals surface area (Å²) in [4.78, 5) is 4.65. The molecule has 106 valence electrons. The van der Waals surface area contributed by atoms with Crippen LogP contribution in [0.1, 0.15) is 47.0 Å². The molecule has 0 aliphatic carbocycles. The van der Waals surface area contributed by atoms with Crippen molar-refractivity contribution in [3.05, 3.63) is 0 Å². The highest BCUT2D eigenvalue weighted by Crippen LogP contribution is 2.18. The Morgan fingerprint density at radius 3 is 2.78 bits per heavy atom. The second-order valence-corrected chi connectivity index (χ2v) is 6.53. The van der Waals surface area contributed by atoms with Gasteiger partial charge in [-0.2, -0.15) is 0 Å². The smallest absolute Gasteiger partial charge is 0.156 e. The van der Waals surface area contributed by atoms with Crippen molar-refractivity contribution in [2.24, 2.45) is 10.9 Å². The molecule has 3 nitrogen and oxygen atoms in total. The zero-order valence-electron chi connectivity index (χ0n) is 12.2. The largest absolute Gasteiger partial charge is 0.379 e. The second kappa shape index (κ2) is 8.81. The molecule has 0 saturated carbocycles. The first kappa shape index (κ1) is 15.8. The number of nitrogens with one attached hydrogen (secondary N) is 1. The summed E-state index contributed by atoms with van der Waals surface area (Å²) in [5.41, 5.74) is 0. The van der Waals surface area contributed by atoms with E-state index in [1.807, 2.05) is 11.8 Å². The molecule has 1 heterocycles. The van der Waals surface area contributed by atoms with E-state index in [0.29, 0.717) is 18.1 Å². The fourth-order valence-electron chi connectivity index (χ4n) is 1.86. The van der Waals surface area contributed by atoms with Gasteiger partial charge >= 0.3 is 0 Å². The third-order valence-corrected chi connectivity index (χ3v) is 4.00. The number of aliphatic imine (C=N–C) groups is 1. The van der Waals surface area contributed by atoms with Gasteiger partial charge in [-0.3, -0.25) is 4.99 Å². The predicted molar refractivity (Wildman–Crippen MR) is 81.5 cm³/mol. The molecule has 1 aliphatic rings. The molecule has 1 fully saturated rings. The molecule has 1 unspecified atom stereocenters. The Morgan fingerprint density at radius 2 is 2.11 bits per heavy atom. The number of ether oxygens (including phenoxy) is 1. The summed E-state index contributed by atoms with van der Waals surface area (Å²) >= 11 is 1.86. The molecule has 1 atom stereocenters. The molecule has 1 rings (SSSR count). The molecular weight excluding hydrogens is 244 g/mol. The van der Waals surface area contributed by atoms with Crippen LogP contribution < -0.4 is 5.32 Å². The van der Waals surface area contributed by atoms with E-state index in [9.17, 15) is 0 Å². The maximum atomic E-state index is 5.51. The van der Waals surface area contributed by atoms with Crippen LogP contribution in [0.5, 0.6) is 0 Å². The molecule has 0 aromatic rings. The van der Waals surface area contributed by atoms with Crippen LogP contribution in [0.2, 0.25) is 0 Å². The molecule has 18 heavy (non-hydrogen) atoms. The van der Waals surface area contributed by atoms with Crippen molar-refractivity contribution in [2.75, 3.05) is 18.9 Å². The maximum absolute atomic E-state index is 5.51. The average Bonchev–Trinajstić information content (AvgIpc) is 2.33. The normalized spacial score (nSPS) is 22.8. The number of nitrogens with zero attached hydrogens (tertiary/aromatic N) is 1. The van der Waals surface area contributed by atoms with Crippen LogP contribution in [0.25, 0.3) is 0 Å². The van der Waals surface area contributed by atoms with Gasteiger partial charge in [0.1, 0.15) is 0 Å². The standard InChI is InChI=1S/C14H28N2OS/c1-11(2)13-7-10-18-14(16-13)15-8-5-6-9-17-12(3)4/h11-13H,5-10H2,1-4H3,(H,15,16). The highest BCUT2D eigenvalue weighted by atomic mass is 32.2. The summed E-state index contributed by atoms with van der Waals surface area (Å²) in [6.07, 6.45) is 3.82. The van der Waals surface area contributed by atoms with E-state index in [1.165, 1.54) is 12.2 Å². The minimum absolute atomic E-state index is 0.346. The van der Waals surface area contributed by atoms with E-state index in [2.05, 4.69) is 38.0 Å². The van der Waals surface area contributed by atoms with E-state index < -0.39 is 0 Å². The molecule has 0 aromatic carbocycles. The summed E-state index contributed by atoms with van der Waals surface area (Å²) in [6, 6.07) is 0.606. The van der Waals surface area contributed by atoms with Crippen molar-refractivity contribution in [3.63, 3.8) is 0 Å². The lowest BCUT2D eigenvalue weighted by Crippen LogP contribution is -2.41. The van der Waals surface area contributed by atoms with E-state index >= 15 is 0 Å². The highest BCUT2D eigenvalue weighted by Gasteiger charge is 2.19. The van der Waals surface area contributed by atoms with Gasteiger partial charge in [0.05, 0.1) is 6.10 Å². The van der Waals surface area contributed by atoms with Crippen LogP contribution in [-0.2, 0) is 4.74 Å². The number of unbranched alkanes of at least 4 members (excludes halogenated alkanes) is 1. The zero-order valence-corrected chi connectivity index (χ0v) is 13.1. The fourth-order valence-corrected chi connectivity index (χ4v) is 2.84. The molecule has 0 radical (unpaired) electrons. The summed E-state index contributed by atoms with van der Waals surface area (Å²) in [7, 11) is 0. The SMILES string of the molecule is CC(C)OCCCCN=C1NC(C(C)C)CCS1. The van der Waals surface area contributed by atoms with Crippen molar-refractivity contribution in [2.45, 2.75) is 59.1 Å². The Bertz CT molecular complexity index is 254. The third-order valence-electron chi connectivity index (χ3n) is 3.04. The van der Waals surface area contributed by atoms with E-state index in [4.69, 9.17) is 4.74 Å². The van der Waals surface area contributed by atoms with Crippen molar-refractivity contribution in [3.8, 4) is 0 Å². The van der Waals surface area contributed by atoms with E-state index in [0.717, 1.165) is 31.2 Å². The molecule has 4 heteroatoms. The van der Waals surface area contributed by atoms with Crippen LogP contribution in [0.15, 0.2) is 4.99 Å².